The number of hydrogen-bond acceptors (Lipinski definition) is 3. The molecule has 1 aliphatic heterocycles. The third kappa shape index (κ3) is 2.45. The number of nitrogens with one attached hydrogen (secondary N) is 1. The lowest BCUT2D eigenvalue weighted by Crippen LogP contribution is -2.39. The van der Waals surface area contributed by atoms with Crippen molar-refractivity contribution in [1.29, 1.82) is 0 Å². The van der Waals surface area contributed by atoms with Gasteiger partial charge in [-0.15, -0.1) is 0 Å². The lowest BCUT2D eigenvalue weighted by Gasteiger charge is -2.39. The predicted molar refractivity (Wildman–Crippen MR) is 80.3 cm³/mol. The molecule has 1 aromatic rings. The van der Waals surface area contributed by atoms with Crippen molar-refractivity contribution >= 4 is 0 Å². The van der Waals surface area contributed by atoms with E-state index in [4.69, 9.17) is 9.47 Å². The highest BCUT2D eigenvalue weighted by molar-refractivity contribution is 5.47. The Morgan fingerprint density at radius 2 is 2.15 bits per heavy atom. The fourth-order valence-electron chi connectivity index (χ4n) is 3.80. The summed E-state index contributed by atoms with van der Waals surface area (Å²) in [5.74, 6) is 1.81. The van der Waals surface area contributed by atoms with E-state index in [-0.39, 0.29) is 5.60 Å². The monoisotopic (exact) mass is 275 g/mol. The Morgan fingerprint density at radius 3 is 2.95 bits per heavy atom. The fraction of sp³-hybridized carbons (Fsp3) is 0.647. The molecule has 3 rings (SSSR count). The molecule has 1 spiro atoms. The molecule has 0 aromatic heterocycles. The summed E-state index contributed by atoms with van der Waals surface area (Å²) in [6.45, 7) is 7.21. The molecular weight excluding hydrogens is 250 g/mol. The number of fused-ring (bicyclic) bond motifs is 2. The average Bonchev–Trinajstić information content (AvgIpc) is 3.06. The second-order valence-corrected chi connectivity index (χ2v) is 6.79. The SMILES string of the molecule is COCCNCC1CC12CC(C)(C)Oc1ccccc12. The zero-order valence-corrected chi connectivity index (χ0v) is 12.7. The summed E-state index contributed by atoms with van der Waals surface area (Å²) >= 11 is 0. The molecule has 2 atom stereocenters. The zero-order valence-electron chi connectivity index (χ0n) is 12.7. The van der Waals surface area contributed by atoms with Gasteiger partial charge in [0.05, 0.1) is 6.61 Å². The highest BCUT2D eigenvalue weighted by atomic mass is 16.5. The second-order valence-electron chi connectivity index (χ2n) is 6.79. The fourth-order valence-corrected chi connectivity index (χ4v) is 3.80. The van der Waals surface area contributed by atoms with E-state index in [2.05, 4.69) is 43.4 Å². The first-order valence-corrected chi connectivity index (χ1v) is 7.56. The highest BCUT2D eigenvalue weighted by Gasteiger charge is 2.60. The summed E-state index contributed by atoms with van der Waals surface area (Å²) in [7, 11) is 1.75. The van der Waals surface area contributed by atoms with Crippen LogP contribution in [0.3, 0.4) is 0 Å². The third-order valence-corrected chi connectivity index (χ3v) is 4.66. The third-order valence-electron chi connectivity index (χ3n) is 4.66. The number of para-hydroxylation sites is 1. The molecule has 0 radical (unpaired) electrons. The maximum atomic E-state index is 6.15. The molecule has 0 bridgehead atoms. The Hall–Kier alpha value is -1.06. The van der Waals surface area contributed by atoms with Crippen LogP contribution in [0.5, 0.6) is 5.75 Å². The van der Waals surface area contributed by atoms with Gasteiger partial charge in [0.25, 0.3) is 0 Å². The van der Waals surface area contributed by atoms with Crippen LogP contribution in [-0.4, -0.2) is 32.4 Å². The minimum absolute atomic E-state index is 0.0599. The highest BCUT2D eigenvalue weighted by Crippen LogP contribution is 2.63. The maximum Gasteiger partial charge on any atom is 0.123 e. The molecule has 1 heterocycles. The van der Waals surface area contributed by atoms with Crippen molar-refractivity contribution in [3.8, 4) is 5.75 Å². The zero-order chi connectivity index (χ0) is 14.2. The van der Waals surface area contributed by atoms with Crippen molar-refractivity contribution in [3.05, 3.63) is 29.8 Å². The van der Waals surface area contributed by atoms with Crippen LogP contribution in [0, 0.1) is 5.92 Å². The number of ether oxygens (including phenoxy) is 2. The van der Waals surface area contributed by atoms with E-state index >= 15 is 0 Å². The number of methoxy groups -OCH3 is 1. The molecule has 1 fully saturated rings. The van der Waals surface area contributed by atoms with Crippen molar-refractivity contribution in [2.45, 2.75) is 37.7 Å². The smallest absolute Gasteiger partial charge is 0.123 e. The molecule has 2 unspecified atom stereocenters. The second kappa shape index (κ2) is 5.05. The molecule has 0 saturated heterocycles. The molecule has 1 aliphatic carbocycles. The first-order valence-electron chi connectivity index (χ1n) is 7.56. The summed E-state index contributed by atoms with van der Waals surface area (Å²) in [5, 5.41) is 3.51. The maximum absolute atomic E-state index is 6.15. The summed E-state index contributed by atoms with van der Waals surface area (Å²) < 4.78 is 11.2. The van der Waals surface area contributed by atoms with Crippen LogP contribution < -0.4 is 10.1 Å². The Labute approximate surface area is 121 Å². The first-order chi connectivity index (χ1) is 9.57. The van der Waals surface area contributed by atoms with Gasteiger partial charge in [0, 0.05) is 24.6 Å². The van der Waals surface area contributed by atoms with Gasteiger partial charge in [-0.3, -0.25) is 0 Å². The van der Waals surface area contributed by atoms with Crippen LogP contribution in [0.1, 0.15) is 32.3 Å². The molecule has 1 saturated carbocycles. The first kappa shape index (κ1) is 13.9. The van der Waals surface area contributed by atoms with Gasteiger partial charge in [-0.1, -0.05) is 18.2 Å². The molecule has 0 amide bonds. The van der Waals surface area contributed by atoms with Gasteiger partial charge in [-0.05, 0) is 45.2 Å². The average molecular weight is 275 g/mol. The topological polar surface area (TPSA) is 30.5 Å². The van der Waals surface area contributed by atoms with E-state index in [1.807, 2.05) is 0 Å². The summed E-state index contributed by atoms with van der Waals surface area (Å²) in [6.07, 6.45) is 2.39. The molecule has 110 valence electrons. The molecule has 20 heavy (non-hydrogen) atoms. The van der Waals surface area contributed by atoms with Crippen LogP contribution >= 0.6 is 0 Å². The lowest BCUT2D eigenvalue weighted by atomic mass is 9.80. The molecule has 3 nitrogen and oxygen atoms in total. The van der Waals surface area contributed by atoms with Crippen molar-refractivity contribution in [3.63, 3.8) is 0 Å². The van der Waals surface area contributed by atoms with Crippen LogP contribution in [0.4, 0.5) is 0 Å². The molecule has 3 heteroatoms. The number of benzene rings is 1. The van der Waals surface area contributed by atoms with E-state index in [0.717, 1.165) is 37.8 Å². The van der Waals surface area contributed by atoms with Gasteiger partial charge in [0.2, 0.25) is 0 Å². The van der Waals surface area contributed by atoms with Crippen LogP contribution in [-0.2, 0) is 10.2 Å². The lowest BCUT2D eigenvalue weighted by molar-refractivity contribution is 0.0637. The summed E-state index contributed by atoms with van der Waals surface area (Å²) in [4.78, 5) is 0. The van der Waals surface area contributed by atoms with Crippen molar-refractivity contribution in [2.75, 3.05) is 26.8 Å². The Kier molecular flexibility index (Phi) is 3.51. The van der Waals surface area contributed by atoms with E-state index in [1.165, 1.54) is 12.0 Å². The van der Waals surface area contributed by atoms with E-state index in [0.29, 0.717) is 5.41 Å². The van der Waals surface area contributed by atoms with Gasteiger partial charge >= 0.3 is 0 Å². The van der Waals surface area contributed by atoms with Crippen LogP contribution in [0.15, 0.2) is 24.3 Å². The van der Waals surface area contributed by atoms with Crippen molar-refractivity contribution in [2.24, 2.45) is 5.92 Å². The summed E-state index contributed by atoms with van der Waals surface area (Å²) in [5.41, 5.74) is 1.69. The van der Waals surface area contributed by atoms with E-state index in [9.17, 15) is 0 Å². The molecule has 1 aromatic carbocycles. The van der Waals surface area contributed by atoms with E-state index < -0.39 is 0 Å². The normalized spacial score (nSPS) is 29.9. The van der Waals surface area contributed by atoms with Crippen molar-refractivity contribution < 1.29 is 9.47 Å². The number of rotatable bonds is 5. The minimum Gasteiger partial charge on any atom is -0.488 e. The standard InChI is InChI=1S/C17H25NO2/c1-16(2)12-17(10-13(17)11-18-8-9-19-3)14-6-4-5-7-15(14)20-16/h4-7,13,18H,8-12H2,1-3H3. The summed E-state index contributed by atoms with van der Waals surface area (Å²) in [6, 6.07) is 8.57. The molecule has 1 N–H and O–H groups in total. The van der Waals surface area contributed by atoms with Gasteiger partial charge in [-0.2, -0.15) is 0 Å². The predicted octanol–water partition coefficient (Wildman–Crippen LogP) is 2.74. The Bertz CT molecular complexity index is 486. The van der Waals surface area contributed by atoms with Gasteiger partial charge in [0.1, 0.15) is 11.4 Å². The van der Waals surface area contributed by atoms with Crippen LogP contribution in [0.25, 0.3) is 0 Å². The van der Waals surface area contributed by atoms with E-state index in [1.54, 1.807) is 7.11 Å². The van der Waals surface area contributed by atoms with Gasteiger partial charge < -0.3 is 14.8 Å². The Morgan fingerprint density at radius 1 is 1.35 bits per heavy atom. The largest absolute Gasteiger partial charge is 0.488 e. The number of hydrogen-bond donors (Lipinski definition) is 1. The quantitative estimate of drug-likeness (QED) is 0.838. The minimum atomic E-state index is -0.0599. The Balaban J connectivity index is 1.74. The van der Waals surface area contributed by atoms with Gasteiger partial charge in [-0.25, -0.2) is 0 Å². The van der Waals surface area contributed by atoms with Crippen LogP contribution in [0.2, 0.25) is 0 Å². The molecular formula is C17H25NO2. The van der Waals surface area contributed by atoms with Gasteiger partial charge in [0.15, 0.2) is 0 Å². The molecule has 2 aliphatic rings. The van der Waals surface area contributed by atoms with Crippen molar-refractivity contribution in [1.82, 2.24) is 5.32 Å².